The molecule has 11 heteroatoms. The molecule has 0 atom stereocenters. The van der Waals surface area contributed by atoms with Gasteiger partial charge in [-0.05, 0) is 0 Å². The summed E-state index contributed by atoms with van der Waals surface area (Å²) < 4.78 is 21.2. The Bertz CT molecular complexity index is 157. The van der Waals surface area contributed by atoms with Crippen LogP contribution in [0.15, 0.2) is 0 Å². The number of hydrogen-bond acceptors (Lipinski definition) is 7. The number of rotatable bonds is 2. The molecule has 0 unspecified atom stereocenters. The van der Waals surface area contributed by atoms with Crippen molar-refractivity contribution in [3.05, 3.63) is 0 Å². The molecule has 11 heavy (non-hydrogen) atoms. The van der Waals surface area contributed by atoms with Crippen molar-refractivity contribution in [1.82, 2.24) is 0 Å². The molecule has 0 N–H and O–H groups in total. The van der Waals surface area contributed by atoms with E-state index >= 15 is 0 Å². The first-order chi connectivity index (χ1) is 3.71. The van der Waals surface area contributed by atoms with Crippen LogP contribution in [0.1, 0.15) is 0 Å². The summed E-state index contributed by atoms with van der Waals surface area (Å²) in [5.41, 5.74) is 0. The minimum atomic E-state index is -5.68. The van der Waals surface area contributed by atoms with Crippen LogP contribution in [0, 0.1) is 0 Å². The Morgan fingerprint density at radius 3 is 1.09 bits per heavy atom. The van der Waals surface area contributed by atoms with Crippen LogP contribution in [0.4, 0.5) is 0 Å². The van der Waals surface area contributed by atoms with Crippen LogP contribution >= 0.6 is 15.6 Å². The van der Waals surface area contributed by atoms with E-state index in [2.05, 4.69) is 4.31 Å². The van der Waals surface area contributed by atoms with Crippen molar-refractivity contribution < 1.29 is 81.1 Å². The maximum atomic E-state index is 9.32. The van der Waals surface area contributed by atoms with Crippen molar-refractivity contribution in [2.75, 3.05) is 0 Å². The summed E-state index contributed by atoms with van der Waals surface area (Å²) in [6.45, 7) is 0. The zero-order valence-electron chi connectivity index (χ0n) is 5.20. The molecule has 0 aliphatic rings. The van der Waals surface area contributed by atoms with E-state index in [1.807, 2.05) is 0 Å². The third-order valence-corrected chi connectivity index (χ3v) is 1.80. The average molecular weight is 248 g/mol. The molecule has 0 aliphatic carbocycles. The molecule has 0 spiro atoms. The fraction of sp³-hybridized carbons (Fsp3) is 0. The van der Waals surface area contributed by atoms with Crippen LogP contribution in [0.2, 0.25) is 0 Å². The zero-order chi connectivity index (χ0) is 7.71. The standard InChI is InChI=1S/Na.H4O7P2.V/c;1-8(2,3)7-9(4,5)6;/h;(H2,1,2,3)(H2,4,5,6);/q+1;;/p-4. The molecule has 0 fully saturated rings. The summed E-state index contributed by atoms with van der Waals surface area (Å²) >= 11 is 0. The Kier molecular flexibility index (Phi) is 10.7. The first-order valence-corrected chi connectivity index (χ1v) is 4.38. The predicted octanol–water partition coefficient (Wildman–Crippen LogP) is -6.34. The van der Waals surface area contributed by atoms with Crippen LogP contribution in [-0.4, -0.2) is 0 Å². The predicted molar refractivity (Wildman–Crippen MR) is 16.3 cm³/mol. The second-order valence-corrected chi connectivity index (χ2v) is 3.42. The van der Waals surface area contributed by atoms with E-state index in [9.17, 15) is 28.7 Å². The molecule has 0 heterocycles. The molecular formula is NaO7P2V-3. The molecular weight excluding hydrogens is 248 g/mol. The summed E-state index contributed by atoms with van der Waals surface area (Å²) in [6.07, 6.45) is 0. The maximum Gasteiger partial charge on any atom is 1.00 e. The molecule has 0 saturated heterocycles. The first kappa shape index (κ1) is 18.6. The first-order valence-electron chi connectivity index (χ1n) is 1.46. The zero-order valence-corrected chi connectivity index (χ0v) is 10.4. The fourth-order valence-electron chi connectivity index (χ4n) is 0.122. The third-order valence-electron chi connectivity index (χ3n) is 0.200. The third kappa shape index (κ3) is 18.7. The molecule has 1 radical (unpaired) electrons. The van der Waals surface area contributed by atoms with E-state index in [1.165, 1.54) is 0 Å². The van der Waals surface area contributed by atoms with Gasteiger partial charge in [0.15, 0.2) is 0 Å². The van der Waals surface area contributed by atoms with Gasteiger partial charge in [-0.2, -0.15) is 0 Å². The normalized spacial score (nSPS) is 11.3. The van der Waals surface area contributed by atoms with Gasteiger partial charge < -0.3 is 33.0 Å². The molecule has 61 valence electrons. The van der Waals surface area contributed by atoms with Gasteiger partial charge in [-0.25, -0.2) is 0 Å². The van der Waals surface area contributed by atoms with Gasteiger partial charge in [-0.15, -0.1) is 0 Å². The quantitative estimate of drug-likeness (QED) is 0.350. The van der Waals surface area contributed by atoms with Gasteiger partial charge in [0.25, 0.3) is 0 Å². The van der Waals surface area contributed by atoms with Gasteiger partial charge in [0.1, 0.15) is 0 Å². The van der Waals surface area contributed by atoms with Crippen LogP contribution in [0.3, 0.4) is 0 Å². The van der Waals surface area contributed by atoms with E-state index in [-0.39, 0.29) is 48.1 Å². The van der Waals surface area contributed by atoms with Gasteiger partial charge in [0.2, 0.25) is 0 Å². The summed E-state index contributed by atoms with van der Waals surface area (Å²) in [4.78, 5) is 37.3. The Balaban J connectivity index is -0.000000320. The van der Waals surface area contributed by atoms with Crippen molar-refractivity contribution in [3.63, 3.8) is 0 Å². The molecule has 0 aromatic rings. The van der Waals surface area contributed by atoms with Gasteiger partial charge >= 0.3 is 29.6 Å². The van der Waals surface area contributed by atoms with Crippen molar-refractivity contribution in [1.29, 1.82) is 0 Å². The molecule has 0 aromatic heterocycles. The van der Waals surface area contributed by atoms with E-state index in [0.717, 1.165) is 0 Å². The largest absolute Gasteiger partial charge is 1.00 e. The van der Waals surface area contributed by atoms with Crippen LogP contribution in [0.25, 0.3) is 0 Å². The minimum Gasteiger partial charge on any atom is -0.790 e. The molecule has 0 amide bonds. The van der Waals surface area contributed by atoms with Gasteiger partial charge in [0.05, 0.1) is 15.6 Å². The Labute approximate surface area is 96.2 Å². The topological polar surface area (TPSA) is 136 Å². The molecule has 0 aliphatic heterocycles. The van der Waals surface area contributed by atoms with E-state index in [1.54, 1.807) is 0 Å². The second-order valence-electron chi connectivity index (χ2n) is 0.976. The van der Waals surface area contributed by atoms with E-state index in [4.69, 9.17) is 0 Å². The second kappa shape index (κ2) is 6.32. The van der Waals surface area contributed by atoms with Gasteiger partial charge in [-0.3, -0.25) is 0 Å². The summed E-state index contributed by atoms with van der Waals surface area (Å²) in [6, 6.07) is 0. The number of hydrogen-bond donors (Lipinski definition) is 0. The van der Waals surface area contributed by atoms with Crippen molar-refractivity contribution in [2.24, 2.45) is 0 Å². The molecule has 0 rings (SSSR count). The smallest absolute Gasteiger partial charge is 0.790 e. The van der Waals surface area contributed by atoms with E-state index in [0.29, 0.717) is 0 Å². The molecule has 0 aromatic carbocycles. The minimum absolute atomic E-state index is 0. The maximum absolute atomic E-state index is 9.32. The number of phosphoric acid groups is 2. The summed E-state index contributed by atoms with van der Waals surface area (Å²) in [7, 11) is -11.4. The van der Waals surface area contributed by atoms with Crippen molar-refractivity contribution in [3.8, 4) is 0 Å². The van der Waals surface area contributed by atoms with Crippen LogP contribution in [-0.2, 0) is 32.0 Å². The monoisotopic (exact) mass is 248 g/mol. The molecule has 0 saturated carbocycles. The SMILES string of the molecule is O=P([O-])([O-])OP(=O)([O-])[O-].[Na+].[V]. The van der Waals surface area contributed by atoms with E-state index < -0.39 is 15.6 Å². The molecule has 0 bridgehead atoms. The fourth-order valence-corrected chi connectivity index (χ4v) is 1.10. The Morgan fingerprint density at radius 1 is 0.909 bits per heavy atom. The summed E-state index contributed by atoms with van der Waals surface area (Å²) in [5.74, 6) is 0. The van der Waals surface area contributed by atoms with Crippen LogP contribution in [0.5, 0.6) is 0 Å². The van der Waals surface area contributed by atoms with Gasteiger partial charge in [-0.1, -0.05) is 0 Å². The Morgan fingerprint density at radius 2 is 1.09 bits per heavy atom. The van der Waals surface area contributed by atoms with Gasteiger partial charge in [0, 0.05) is 18.6 Å². The summed E-state index contributed by atoms with van der Waals surface area (Å²) in [5, 5.41) is 0. The average Bonchev–Trinajstić information content (AvgIpc) is 1.14. The molecule has 7 nitrogen and oxygen atoms in total. The Hall–Kier alpha value is 1.84. The van der Waals surface area contributed by atoms with Crippen molar-refractivity contribution >= 4 is 15.6 Å². The van der Waals surface area contributed by atoms with Crippen LogP contribution < -0.4 is 49.1 Å². The van der Waals surface area contributed by atoms with Crippen molar-refractivity contribution in [2.45, 2.75) is 0 Å².